The zero-order valence-corrected chi connectivity index (χ0v) is 12.8. The van der Waals surface area contributed by atoms with Crippen LogP contribution in [0.5, 0.6) is 0 Å². The highest BCUT2D eigenvalue weighted by molar-refractivity contribution is 5.84. The molecule has 20 heavy (non-hydrogen) atoms. The normalized spacial score (nSPS) is 22.8. The number of carbonyl (C=O) groups is 1. The maximum atomic E-state index is 12.5. The molecular weight excluding hydrogens is 248 g/mol. The van der Waals surface area contributed by atoms with Crippen LogP contribution < -0.4 is 5.32 Å². The Hall–Kier alpha value is -1.35. The maximum absolute atomic E-state index is 12.5. The summed E-state index contributed by atoms with van der Waals surface area (Å²) < 4.78 is 0. The lowest BCUT2D eigenvalue weighted by Crippen LogP contribution is -2.35. The topological polar surface area (TPSA) is 32.3 Å². The van der Waals surface area contributed by atoms with E-state index >= 15 is 0 Å². The molecular formula is C17H26N2O. The van der Waals surface area contributed by atoms with Gasteiger partial charge in [-0.2, -0.15) is 0 Å². The predicted octanol–water partition coefficient (Wildman–Crippen LogP) is 2.81. The molecule has 1 fully saturated rings. The minimum Gasteiger partial charge on any atom is -0.326 e. The van der Waals surface area contributed by atoms with Crippen molar-refractivity contribution in [2.24, 2.45) is 5.92 Å². The Morgan fingerprint density at radius 2 is 1.95 bits per heavy atom. The molecule has 1 aliphatic heterocycles. The molecule has 1 aromatic rings. The zero-order chi connectivity index (χ0) is 14.5. The molecule has 1 aliphatic rings. The Balaban J connectivity index is 1.89. The Morgan fingerprint density at radius 1 is 1.25 bits per heavy atom. The molecule has 110 valence electrons. The zero-order valence-electron chi connectivity index (χ0n) is 12.8. The molecule has 0 radical (unpaired) electrons. The Labute approximate surface area is 122 Å². The molecule has 1 N–H and O–H groups in total. The highest BCUT2D eigenvalue weighted by atomic mass is 16.2. The van der Waals surface area contributed by atoms with Crippen LogP contribution in [-0.4, -0.2) is 29.6 Å². The van der Waals surface area contributed by atoms with Gasteiger partial charge in [-0.3, -0.25) is 10.1 Å². The molecule has 2 rings (SSSR count). The predicted molar refractivity (Wildman–Crippen MR) is 82.3 cm³/mol. The summed E-state index contributed by atoms with van der Waals surface area (Å²) in [5.74, 6) is 0.959. The first-order valence-electron chi connectivity index (χ1n) is 7.68. The first-order chi connectivity index (χ1) is 9.58. The van der Waals surface area contributed by atoms with Crippen molar-refractivity contribution in [3.63, 3.8) is 0 Å². The lowest BCUT2D eigenvalue weighted by molar-refractivity contribution is -0.129. The summed E-state index contributed by atoms with van der Waals surface area (Å²) in [6.45, 7) is 7.41. The number of amides is 1. The molecule has 2 unspecified atom stereocenters. The number of benzene rings is 1. The van der Waals surface area contributed by atoms with Crippen molar-refractivity contribution < 1.29 is 4.79 Å². The van der Waals surface area contributed by atoms with Gasteiger partial charge in [-0.25, -0.2) is 0 Å². The molecule has 3 heteroatoms. The Kier molecular flexibility index (Phi) is 5.18. The molecule has 0 aliphatic carbocycles. The van der Waals surface area contributed by atoms with E-state index in [2.05, 4.69) is 38.2 Å². The van der Waals surface area contributed by atoms with Crippen molar-refractivity contribution in [3.8, 4) is 0 Å². The molecule has 0 saturated carbocycles. The molecule has 1 aromatic carbocycles. The third-order valence-corrected chi connectivity index (χ3v) is 3.95. The molecule has 1 saturated heterocycles. The molecule has 0 spiro atoms. The van der Waals surface area contributed by atoms with Gasteiger partial charge in [0.05, 0.1) is 12.2 Å². The fraction of sp³-hybridized carbons (Fsp3) is 0.588. The monoisotopic (exact) mass is 274 g/mol. The van der Waals surface area contributed by atoms with Crippen LogP contribution in [0.4, 0.5) is 0 Å². The van der Waals surface area contributed by atoms with Crippen molar-refractivity contribution in [3.05, 3.63) is 35.9 Å². The van der Waals surface area contributed by atoms with Gasteiger partial charge < -0.3 is 4.90 Å². The van der Waals surface area contributed by atoms with Crippen LogP contribution in [0.2, 0.25) is 0 Å². The number of hydrogen-bond acceptors (Lipinski definition) is 2. The number of rotatable bonds is 6. The largest absolute Gasteiger partial charge is 0.326 e. The standard InChI is InChI=1S/C17H26N2O/c1-13(2)8-7-11-19-14(3)18-16(17(19)20)12-15-9-5-4-6-10-15/h4-6,9-10,13-14,16,18H,7-8,11-12H2,1-3H3. The van der Waals surface area contributed by atoms with Gasteiger partial charge in [-0.15, -0.1) is 0 Å². The van der Waals surface area contributed by atoms with Gasteiger partial charge in [-0.05, 0) is 37.7 Å². The highest BCUT2D eigenvalue weighted by Gasteiger charge is 2.35. The summed E-state index contributed by atoms with van der Waals surface area (Å²) >= 11 is 0. The molecule has 0 bridgehead atoms. The second-order valence-corrected chi connectivity index (χ2v) is 6.15. The third kappa shape index (κ3) is 3.83. The summed E-state index contributed by atoms with van der Waals surface area (Å²) in [5.41, 5.74) is 1.22. The van der Waals surface area contributed by atoms with E-state index in [0.29, 0.717) is 5.92 Å². The highest BCUT2D eigenvalue weighted by Crippen LogP contribution is 2.16. The first kappa shape index (κ1) is 15.0. The van der Waals surface area contributed by atoms with Crippen molar-refractivity contribution in [1.82, 2.24) is 10.2 Å². The van der Waals surface area contributed by atoms with E-state index in [1.807, 2.05) is 23.1 Å². The quantitative estimate of drug-likeness (QED) is 0.865. The smallest absolute Gasteiger partial charge is 0.241 e. The van der Waals surface area contributed by atoms with Crippen LogP contribution in [0.1, 0.15) is 39.2 Å². The van der Waals surface area contributed by atoms with Gasteiger partial charge in [-0.1, -0.05) is 44.2 Å². The van der Waals surface area contributed by atoms with Gasteiger partial charge in [0.1, 0.15) is 0 Å². The fourth-order valence-corrected chi connectivity index (χ4v) is 2.81. The van der Waals surface area contributed by atoms with Crippen LogP contribution in [0.15, 0.2) is 30.3 Å². The van der Waals surface area contributed by atoms with Crippen molar-refractivity contribution in [2.45, 2.75) is 52.2 Å². The van der Waals surface area contributed by atoms with Crippen LogP contribution in [0.3, 0.4) is 0 Å². The lowest BCUT2D eigenvalue weighted by Gasteiger charge is -2.21. The summed E-state index contributed by atoms with van der Waals surface area (Å²) in [6.07, 6.45) is 3.21. The van der Waals surface area contributed by atoms with E-state index in [1.54, 1.807) is 0 Å². The summed E-state index contributed by atoms with van der Waals surface area (Å²) in [4.78, 5) is 14.5. The van der Waals surface area contributed by atoms with E-state index in [9.17, 15) is 4.79 Å². The summed E-state index contributed by atoms with van der Waals surface area (Å²) in [6, 6.07) is 10.2. The molecule has 0 aromatic heterocycles. The minimum atomic E-state index is -0.0635. The van der Waals surface area contributed by atoms with Gasteiger partial charge >= 0.3 is 0 Å². The Bertz CT molecular complexity index is 430. The second-order valence-electron chi connectivity index (χ2n) is 6.15. The minimum absolute atomic E-state index is 0.0635. The Morgan fingerprint density at radius 3 is 2.60 bits per heavy atom. The van der Waals surface area contributed by atoms with E-state index in [0.717, 1.165) is 19.4 Å². The van der Waals surface area contributed by atoms with E-state index in [4.69, 9.17) is 0 Å². The van der Waals surface area contributed by atoms with Crippen LogP contribution >= 0.6 is 0 Å². The third-order valence-electron chi connectivity index (χ3n) is 3.95. The molecule has 1 amide bonds. The number of nitrogens with one attached hydrogen (secondary N) is 1. The average Bonchev–Trinajstić information content (AvgIpc) is 2.67. The van der Waals surface area contributed by atoms with Crippen molar-refractivity contribution in [2.75, 3.05) is 6.54 Å². The van der Waals surface area contributed by atoms with Gasteiger partial charge in [0.25, 0.3) is 0 Å². The molecule has 2 atom stereocenters. The second kappa shape index (κ2) is 6.89. The lowest BCUT2D eigenvalue weighted by atomic mass is 10.1. The fourth-order valence-electron chi connectivity index (χ4n) is 2.81. The average molecular weight is 274 g/mol. The first-order valence-corrected chi connectivity index (χ1v) is 7.68. The molecule has 3 nitrogen and oxygen atoms in total. The number of nitrogens with zero attached hydrogens (tertiary/aromatic N) is 1. The van der Waals surface area contributed by atoms with Crippen molar-refractivity contribution >= 4 is 5.91 Å². The van der Waals surface area contributed by atoms with E-state index in [1.165, 1.54) is 12.0 Å². The van der Waals surface area contributed by atoms with Crippen LogP contribution in [0.25, 0.3) is 0 Å². The maximum Gasteiger partial charge on any atom is 0.241 e. The van der Waals surface area contributed by atoms with Gasteiger partial charge in [0.2, 0.25) is 5.91 Å². The van der Waals surface area contributed by atoms with E-state index in [-0.39, 0.29) is 18.1 Å². The van der Waals surface area contributed by atoms with Gasteiger partial charge in [0, 0.05) is 6.54 Å². The SMILES string of the molecule is CC(C)CCCN1C(=O)C(Cc2ccccc2)NC1C. The number of hydrogen-bond donors (Lipinski definition) is 1. The van der Waals surface area contributed by atoms with E-state index < -0.39 is 0 Å². The summed E-state index contributed by atoms with van der Waals surface area (Å²) in [7, 11) is 0. The molecule has 1 heterocycles. The van der Waals surface area contributed by atoms with Gasteiger partial charge in [0.15, 0.2) is 0 Å². The summed E-state index contributed by atoms with van der Waals surface area (Å²) in [5, 5.41) is 3.42. The number of carbonyl (C=O) groups excluding carboxylic acids is 1. The van der Waals surface area contributed by atoms with Crippen LogP contribution in [-0.2, 0) is 11.2 Å². The van der Waals surface area contributed by atoms with Crippen molar-refractivity contribution in [1.29, 1.82) is 0 Å². The van der Waals surface area contributed by atoms with Crippen LogP contribution in [0, 0.1) is 5.92 Å².